The maximum absolute atomic E-state index is 12.6. The van der Waals surface area contributed by atoms with Crippen LogP contribution in [0.3, 0.4) is 0 Å². The van der Waals surface area contributed by atoms with Gasteiger partial charge in [0.05, 0.1) is 11.3 Å². The van der Waals surface area contributed by atoms with E-state index in [0.29, 0.717) is 24.5 Å². The van der Waals surface area contributed by atoms with Crippen LogP contribution in [-0.2, 0) is 11.0 Å². The van der Waals surface area contributed by atoms with E-state index in [2.05, 4.69) is 15.9 Å². The maximum atomic E-state index is 12.6. The molecule has 1 aromatic rings. The minimum Gasteiger partial charge on any atom is -0.311 e. The highest BCUT2D eigenvalue weighted by molar-refractivity contribution is 9.10. The molecule has 1 heterocycles. The molecule has 7 heteroatoms. The molecule has 1 atom stereocenters. The van der Waals surface area contributed by atoms with Crippen LogP contribution in [0, 0.1) is 5.92 Å². The maximum Gasteiger partial charge on any atom is 0.416 e. The van der Waals surface area contributed by atoms with Crippen LogP contribution in [0.15, 0.2) is 22.7 Å². The fraction of sp³-hybridized carbons (Fsp3) is 0.417. The molecule has 19 heavy (non-hydrogen) atoms. The molecule has 1 fully saturated rings. The minimum atomic E-state index is -4.39. The van der Waals surface area contributed by atoms with Crippen LogP contribution in [0.4, 0.5) is 18.9 Å². The summed E-state index contributed by atoms with van der Waals surface area (Å²) in [7, 11) is 0. The van der Waals surface area contributed by atoms with Crippen molar-refractivity contribution in [3.63, 3.8) is 0 Å². The lowest BCUT2D eigenvalue weighted by Crippen LogP contribution is -2.25. The lowest BCUT2D eigenvalue weighted by molar-refractivity contribution is -0.137. The predicted molar refractivity (Wildman–Crippen MR) is 70.3 cm³/mol. The number of amides is 1. The van der Waals surface area contributed by atoms with E-state index in [1.807, 2.05) is 0 Å². The number of hydrogen-bond donors (Lipinski definition) is 0. The van der Waals surface area contributed by atoms with Crippen LogP contribution in [0.5, 0.6) is 0 Å². The molecular weight excluding hydrogens is 346 g/mol. The smallest absolute Gasteiger partial charge is 0.311 e. The van der Waals surface area contributed by atoms with Crippen molar-refractivity contribution in [3.05, 3.63) is 28.2 Å². The van der Waals surface area contributed by atoms with E-state index in [1.54, 1.807) is 0 Å². The largest absolute Gasteiger partial charge is 0.416 e. The fourth-order valence-corrected chi connectivity index (χ4v) is 2.82. The zero-order valence-electron chi connectivity index (χ0n) is 9.68. The number of halogens is 5. The van der Waals surface area contributed by atoms with E-state index in [4.69, 9.17) is 11.6 Å². The van der Waals surface area contributed by atoms with Gasteiger partial charge in [-0.25, -0.2) is 0 Å². The van der Waals surface area contributed by atoms with Crippen molar-refractivity contribution in [2.75, 3.05) is 17.3 Å². The van der Waals surface area contributed by atoms with E-state index >= 15 is 0 Å². The summed E-state index contributed by atoms with van der Waals surface area (Å²) >= 11 is 8.80. The molecule has 0 spiro atoms. The van der Waals surface area contributed by atoms with Gasteiger partial charge in [0.15, 0.2) is 0 Å². The third-order valence-corrected chi connectivity index (χ3v) is 4.06. The van der Waals surface area contributed by atoms with Gasteiger partial charge in [-0.15, -0.1) is 11.6 Å². The van der Waals surface area contributed by atoms with Gasteiger partial charge in [-0.05, 0) is 40.0 Å². The average Bonchev–Trinajstić information content (AvgIpc) is 2.69. The third kappa shape index (κ3) is 3.05. The Morgan fingerprint density at radius 2 is 2.11 bits per heavy atom. The molecule has 2 nitrogen and oxygen atoms in total. The Bertz CT molecular complexity index is 506. The van der Waals surface area contributed by atoms with Crippen molar-refractivity contribution in [2.24, 2.45) is 5.92 Å². The van der Waals surface area contributed by atoms with Crippen LogP contribution in [-0.4, -0.2) is 18.3 Å². The first-order chi connectivity index (χ1) is 8.82. The standard InChI is InChI=1S/C12H10BrClF3NO/c13-9-4-8(12(15,16)17)1-2-10(9)18-6-7(5-14)3-11(18)19/h1-2,4,7H,3,5-6H2. The number of hydrogen-bond acceptors (Lipinski definition) is 1. The summed E-state index contributed by atoms with van der Waals surface area (Å²) in [6, 6.07) is 3.26. The van der Waals surface area contributed by atoms with Gasteiger partial charge < -0.3 is 4.90 Å². The molecule has 0 radical (unpaired) electrons. The van der Waals surface area contributed by atoms with Gasteiger partial charge in [-0.1, -0.05) is 0 Å². The Kier molecular flexibility index (Phi) is 4.11. The van der Waals surface area contributed by atoms with Gasteiger partial charge in [0, 0.05) is 23.3 Å². The summed E-state index contributed by atoms with van der Waals surface area (Å²) in [5.74, 6) is 0.287. The van der Waals surface area contributed by atoms with Crippen LogP contribution < -0.4 is 4.90 Å². The summed E-state index contributed by atoms with van der Waals surface area (Å²) in [4.78, 5) is 13.3. The molecule has 0 aromatic heterocycles. The molecule has 0 bridgehead atoms. The zero-order chi connectivity index (χ0) is 14.2. The molecule has 1 aliphatic rings. The van der Waals surface area contributed by atoms with Crippen molar-refractivity contribution < 1.29 is 18.0 Å². The van der Waals surface area contributed by atoms with Crippen molar-refractivity contribution >= 4 is 39.1 Å². The van der Waals surface area contributed by atoms with Crippen LogP contribution in [0.1, 0.15) is 12.0 Å². The Balaban J connectivity index is 2.30. The van der Waals surface area contributed by atoms with E-state index in [1.165, 1.54) is 11.0 Å². The Hall–Kier alpha value is -0.750. The van der Waals surface area contributed by atoms with Gasteiger partial charge in [-0.3, -0.25) is 4.79 Å². The third-order valence-electron chi connectivity index (χ3n) is 2.99. The molecule has 0 N–H and O–H groups in total. The number of carbonyl (C=O) groups excluding carboxylic acids is 1. The van der Waals surface area contributed by atoms with Gasteiger partial charge >= 0.3 is 6.18 Å². The highest BCUT2D eigenvalue weighted by atomic mass is 79.9. The van der Waals surface area contributed by atoms with Crippen LogP contribution in [0.2, 0.25) is 0 Å². The molecule has 2 rings (SSSR count). The van der Waals surface area contributed by atoms with E-state index in [0.717, 1.165) is 12.1 Å². The molecule has 1 aliphatic heterocycles. The van der Waals surface area contributed by atoms with Gasteiger partial charge in [0.1, 0.15) is 0 Å². The van der Waals surface area contributed by atoms with Gasteiger partial charge in [0.25, 0.3) is 0 Å². The van der Waals surface area contributed by atoms with Gasteiger partial charge in [0.2, 0.25) is 5.91 Å². The summed E-state index contributed by atoms with van der Waals surface area (Å²) in [6.07, 6.45) is -4.06. The van der Waals surface area contributed by atoms with Crippen molar-refractivity contribution in [1.82, 2.24) is 0 Å². The average molecular weight is 357 g/mol. The first-order valence-corrected chi connectivity index (χ1v) is 6.88. The molecule has 0 saturated carbocycles. The number of alkyl halides is 4. The lowest BCUT2D eigenvalue weighted by atomic mass is 10.1. The number of benzene rings is 1. The molecule has 1 aromatic carbocycles. The summed E-state index contributed by atoms with van der Waals surface area (Å²) < 4.78 is 37.9. The minimum absolute atomic E-state index is 0.0448. The second-order valence-corrected chi connectivity index (χ2v) is 5.56. The van der Waals surface area contributed by atoms with E-state index < -0.39 is 11.7 Å². The monoisotopic (exact) mass is 355 g/mol. The molecule has 104 valence electrons. The van der Waals surface area contributed by atoms with Crippen molar-refractivity contribution in [1.29, 1.82) is 0 Å². The Labute approximate surface area is 121 Å². The van der Waals surface area contributed by atoms with Gasteiger partial charge in [-0.2, -0.15) is 13.2 Å². The summed E-state index contributed by atoms with van der Waals surface area (Å²) in [5.41, 5.74) is -0.297. The van der Waals surface area contributed by atoms with Crippen molar-refractivity contribution in [3.8, 4) is 0 Å². The van der Waals surface area contributed by atoms with Crippen LogP contribution in [0.25, 0.3) is 0 Å². The number of nitrogens with zero attached hydrogens (tertiary/aromatic N) is 1. The molecule has 1 unspecified atom stereocenters. The highest BCUT2D eigenvalue weighted by Gasteiger charge is 2.34. The topological polar surface area (TPSA) is 20.3 Å². The normalized spacial score (nSPS) is 20.2. The quantitative estimate of drug-likeness (QED) is 0.732. The molecule has 0 aliphatic carbocycles. The van der Waals surface area contributed by atoms with Crippen LogP contribution >= 0.6 is 27.5 Å². The zero-order valence-corrected chi connectivity index (χ0v) is 12.0. The second kappa shape index (κ2) is 5.32. The number of carbonyl (C=O) groups is 1. The van der Waals surface area contributed by atoms with E-state index in [-0.39, 0.29) is 16.3 Å². The highest BCUT2D eigenvalue weighted by Crippen LogP contribution is 2.37. The molecule has 1 amide bonds. The number of anilines is 1. The second-order valence-electron chi connectivity index (χ2n) is 4.39. The molecular formula is C12H10BrClF3NO. The predicted octanol–water partition coefficient (Wildman–Crippen LogP) is 4.06. The summed E-state index contributed by atoms with van der Waals surface area (Å²) in [5, 5.41) is 0. The Morgan fingerprint density at radius 1 is 1.42 bits per heavy atom. The SMILES string of the molecule is O=C1CC(CCl)CN1c1ccc(C(F)(F)F)cc1Br. The number of rotatable bonds is 2. The lowest BCUT2D eigenvalue weighted by Gasteiger charge is -2.19. The molecule has 1 saturated heterocycles. The Morgan fingerprint density at radius 3 is 2.58 bits per heavy atom. The summed E-state index contributed by atoms with van der Waals surface area (Å²) in [6.45, 7) is 0.437. The first-order valence-electron chi connectivity index (χ1n) is 5.56. The van der Waals surface area contributed by atoms with Crippen molar-refractivity contribution in [2.45, 2.75) is 12.6 Å². The fourth-order valence-electron chi connectivity index (χ4n) is 2.02. The first kappa shape index (κ1) is 14.7. The van der Waals surface area contributed by atoms with E-state index in [9.17, 15) is 18.0 Å².